The SMILES string of the molecule is COc1cccc(OCCNC(=O)c2oc3ccccc3c2C)c1. The lowest BCUT2D eigenvalue weighted by Crippen LogP contribution is -2.28. The van der Waals surface area contributed by atoms with Crippen molar-refractivity contribution < 1.29 is 18.7 Å². The largest absolute Gasteiger partial charge is 0.497 e. The van der Waals surface area contributed by atoms with Crippen LogP contribution in [0.1, 0.15) is 16.1 Å². The van der Waals surface area contributed by atoms with Gasteiger partial charge in [0.25, 0.3) is 5.91 Å². The number of hydrogen-bond acceptors (Lipinski definition) is 4. The number of ether oxygens (including phenoxy) is 2. The average molecular weight is 325 g/mol. The van der Waals surface area contributed by atoms with Gasteiger partial charge in [0.2, 0.25) is 0 Å². The summed E-state index contributed by atoms with van der Waals surface area (Å²) in [6.45, 7) is 2.62. The first kappa shape index (κ1) is 15.9. The third-order valence-corrected chi connectivity index (χ3v) is 3.75. The quantitative estimate of drug-likeness (QED) is 0.704. The Balaban J connectivity index is 1.56. The van der Waals surface area contributed by atoms with E-state index in [4.69, 9.17) is 13.9 Å². The minimum Gasteiger partial charge on any atom is -0.497 e. The van der Waals surface area contributed by atoms with Gasteiger partial charge in [-0.15, -0.1) is 0 Å². The van der Waals surface area contributed by atoms with Crippen LogP contribution in [0, 0.1) is 6.92 Å². The van der Waals surface area contributed by atoms with Crippen LogP contribution in [0.2, 0.25) is 0 Å². The number of rotatable bonds is 6. The van der Waals surface area contributed by atoms with Crippen LogP contribution in [0.4, 0.5) is 0 Å². The number of hydrogen-bond donors (Lipinski definition) is 1. The number of benzene rings is 2. The van der Waals surface area contributed by atoms with Gasteiger partial charge in [0.1, 0.15) is 23.7 Å². The fourth-order valence-electron chi connectivity index (χ4n) is 2.50. The Morgan fingerprint density at radius 3 is 2.71 bits per heavy atom. The highest BCUT2D eigenvalue weighted by atomic mass is 16.5. The number of amides is 1. The van der Waals surface area contributed by atoms with Gasteiger partial charge in [-0.1, -0.05) is 24.3 Å². The highest BCUT2D eigenvalue weighted by Gasteiger charge is 2.16. The average Bonchev–Trinajstić information content (AvgIpc) is 2.96. The lowest BCUT2D eigenvalue weighted by molar-refractivity contribution is 0.0920. The zero-order valence-corrected chi connectivity index (χ0v) is 13.7. The number of aryl methyl sites for hydroxylation is 1. The number of methoxy groups -OCH3 is 1. The van der Waals surface area contributed by atoms with Crippen molar-refractivity contribution in [3.05, 3.63) is 59.9 Å². The summed E-state index contributed by atoms with van der Waals surface area (Å²) in [5.41, 5.74) is 1.56. The van der Waals surface area contributed by atoms with E-state index in [0.717, 1.165) is 16.7 Å². The molecule has 1 amide bonds. The van der Waals surface area contributed by atoms with Gasteiger partial charge >= 0.3 is 0 Å². The van der Waals surface area contributed by atoms with Crippen LogP contribution in [0.25, 0.3) is 11.0 Å². The summed E-state index contributed by atoms with van der Waals surface area (Å²) in [6.07, 6.45) is 0. The molecule has 1 N–H and O–H groups in total. The molecule has 0 aliphatic carbocycles. The molecule has 0 radical (unpaired) electrons. The number of carbonyl (C=O) groups is 1. The zero-order chi connectivity index (χ0) is 16.9. The molecule has 1 heterocycles. The first-order chi connectivity index (χ1) is 11.7. The smallest absolute Gasteiger partial charge is 0.287 e. The van der Waals surface area contributed by atoms with Crippen LogP contribution in [-0.4, -0.2) is 26.2 Å². The molecule has 0 bridgehead atoms. The second-order valence-corrected chi connectivity index (χ2v) is 5.34. The summed E-state index contributed by atoms with van der Waals surface area (Å²) in [4.78, 5) is 12.3. The molecule has 24 heavy (non-hydrogen) atoms. The standard InChI is InChI=1S/C19H19NO4/c1-13-16-8-3-4-9-17(16)24-18(13)19(21)20-10-11-23-15-7-5-6-14(12-15)22-2/h3-9,12H,10-11H2,1-2H3,(H,20,21). The molecule has 0 spiro atoms. The van der Waals surface area contributed by atoms with Crippen LogP contribution in [0.15, 0.2) is 52.9 Å². The molecule has 3 rings (SSSR count). The monoisotopic (exact) mass is 325 g/mol. The first-order valence-electron chi connectivity index (χ1n) is 7.72. The van der Waals surface area contributed by atoms with E-state index in [1.54, 1.807) is 13.2 Å². The summed E-state index contributed by atoms with van der Waals surface area (Å²) in [6, 6.07) is 14.9. The van der Waals surface area contributed by atoms with Gasteiger partial charge in [-0.05, 0) is 25.1 Å². The molecule has 0 fully saturated rings. The maximum absolute atomic E-state index is 12.3. The number of furan rings is 1. The van der Waals surface area contributed by atoms with Gasteiger partial charge < -0.3 is 19.2 Å². The summed E-state index contributed by atoms with van der Waals surface area (Å²) >= 11 is 0. The van der Waals surface area contributed by atoms with Gasteiger partial charge in [-0.2, -0.15) is 0 Å². The molecule has 0 aliphatic rings. The molecule has 0 saturated carbocycles. The number of para-hydroxylation sites is 1. The van der Waals surface area contributed by atoms with Crippen molar-refractivity contribution >= 4 is 16.9 Å². The van der Waals surface area contributed by atoms with Gasteiger partial charge in [-0.25, -0.2) is 0 Å². The Morgan fingerprint density at radius 1 is 1.12 bits per heavy atom. The second kappa shape index (κ2) is 7.08. The Kier molecular flexibility index (Phi) is 4.70. The lowest BCUT2D eigenvalue weighted by Gasteiger charge is -2.08. The van der Waals surface area contributed by atoms with E-state index in [1.165, 1.54) is 0 Å². The Hall–Kier alpha value is -2.95. The maximum atomic E-state index is 12.3. The normalized spacial score (nSPS) is 10.6. The van der Waals surface area contributed by atoms with Gasteiger partial charge in [-0.3, -0.25) is 4.79 Å². The summed E-state index contributed by atoms with van der Waals surface area (Å²) in [5, 5.41) is 3.76. The summed E-state index contributed by atoms with van der Waals surface area (Å²) < 4.78 is 16.4. The second-order valence-electron chi connectivity index (χ2n) is 5.34. The lowest BCUT2D eigenvalue weighted by atomic mass is 10.1. The molecule has 0 saturated heterocycles. The fourth-order valence-corrected chi connectivity index (χ4v) is 2.50. The number of nitrogens with one attached hydrogen (secondary N) is 1. The van der Waals surface area contributed by atoms with Crippen molar-refractivity contribution in [3.8, 4) is 11.5 Å². The van der Waals surface area contributed by atoms with Crippen molar-refractivity contribution in [1.82, 2.24) is 5.32 Å². The molecule has 5 nitrogen and oxygen atoms in total. The predicted octanol–water partition coefficient (Wildman–Crippen LogP) is 3.56. The Labute approximate surface area is 140 Å². The molecule has 2 aromatic carbocycles. The van der Waals surface area contributed by atoms with Crippen molar-refractivity contribution in [2.45, 2.75) is 6.92 Å². The van der Waals surface area contributed by atoms with Gasteiger partial charge in [0.05, 0.1) is 13.7 Å². The zero-order valence-electron chi connectivity index (χ0n) is 13.7. The van der Waals surface area contributed by atoms with E-state index in [0.29, 0.717) is 30.2 Å². The van der Waals surface area contributed by atoms with E-state index in [-0.39, 0.29) is 5.91 Å². The summed E-state index contributed by atoms with van der Waals surface area (Å²) in [7, 11) is 1.61. The third-order valence-electron chi connectivity index (χ3n) is 3.75. The third kappa shape index (κ3) is 3.35. The number of fused-ring (bicyclic) bond motifs is 1. The molecule has 0 atom stereocenters. The molecule has 0 aliphatic heterocycles. The van der Waals surface area contributed by atoms with E-state index in [9.17, 15) is 4.79 Å². The molecule has 5 heteroatoms. The Bertz CT molecular complexity index is 853. The van der Waals surface area contributed by atoms with E-state index in [2.05, 4.69) is 5.32 Å². The molecule has 3 aromatic rings. The highest BCUT2D eigenvalue weighted by molar-refractivity contribution is 5.98. The highest BCUT2D eigenvalue weighted by Crippen LogP contribution is 2.24. The first-order valence-corrected chi connectivity index (χ1v) is 7.72. The van der Waals surface area contributed by atoms with Crippen LogP contribution >= 0.6 is 0 Å². The van der Waals surface area contributed by atoms with E-state index >= 15 is 0 Å². The maximum Gasteiger partial charge on any atom is 0.287 e. The molecule has 1 aromatic heterocycles. The van der Waals surface area contributed by atoms with E-state index < -0.39 is 0 Å². The van der Waals surface area contributed by atoms with Crippen molar-refractivity contribution in [3.63, 3.8) is 0 Å². The topological polar surface area (TPSA) is 60.7 Å². The van der Waals surface area contributed by atoms with Crippen molar-refractivity contribution in [1.29, 1.82) is 0 Å². The number of carbonyl (C=O) groups excluding carboxylic acids is 1. The van der Waals surface area contributed by atoms with Gasteiger partial charge in [0, 0.05) is 17.0 Å². The van der Waals surface area contributed by atoms with Gasteiger partial charge in [0.15, 0.2) is 5.76 Å². The van der Waals surface area contributed by atoms with Crippen molar-refractivity contribution in [2.24, 2.45) is 0 Å². The van der Waals surface area contributed by atoms with Crippen LogP contribution in [0.5, 0.6) is 11.5 Å². The molecular formula is C19H19NO4. The van der Waals surface area contributed by atoms with Crippen LogP contribution in [-0.2, 0) is 0 Å². The fraction of sp³-hybridized carbons (Fsp3) is 0.211. The summed E-state index contributed by atoms with van der Waals surface area (Å²) in [5.74, 6) is 1.54. The minimum absolute atomic E-state index is 0.238. The minimum atomic E-state index is -0.238. The van der Waals surface area contributed by atoms with Crippen molar-refractivity contribution in [2.75, 3.05) is 20.3 Å². The molecule has 0 unspecified atom stereocenters. The molecule has 124 valence electrons. The van der Waals surface area contributed by atoms with E-state index in [1.807, 2.05) is 49.4 Å². The van der Waals surface area contributed by atoms with Crippen LogP contribution in [0.3, 0.4) is 0 Å². The molecular weight excluding hydrogens is 306 g/mol. The Morgan fingerprint density at radius 2 is 1.92 bits per heavy atom. The van der Waals surface area contributed by atoms with Crippen LogP contribution < -0.4 is 14.8 Å². The predicted molar refractivity (Wildman–Crippen MR) is 91.8 cm³/mol.